The summed E-state index contributed by atoms with van der Waals surface area (Å²) in [6, 6.07) is 5.29. The Morgan fingerprint density at radius 1 is 1.35 bits per heavy atom. The molecule has 8 heteroatoms. The van der Waals surface area contributed by atoms with Gasteiger partial charge < -0.3 is 10.0 Å². The summed E-state index contributed by atoms with van der Waals surface area (Å²) in [5.41, 5.74) is 0.0564. The van der Waals surface area contributed by atoms with Crippen LogP contribution in [0.2, 0.25) is 0 Å². The smallest absolute Gasteiger partial charge is 0.341 e. The molecule has 5 nitrogen and oxygen atoms in total. The molecule has 1 unspecified atom stereocenters. The van der Waals surface area contributed by atoms with Crippen molar-refractivity contribution in [3.8, 4) is 0 Å². The normalized spacial score (nSPS) is 13.2. The van der Waals surface area contributed by atoms with Crippen LogP contribution >= 0.6 is 0 Å². The van der Waals surface area contributed by atoms with Crippen molar-refractivity contribution >= 4 is 21.5 Å². The zero-order valence-electron chi connectivity index (χ0n) is 11.0. The van der Waals surface area contributed by atoms with E-state index in [0.29, 0.717) is 0 Å². The lowest BCUT2D eigenvalue weighted by Crippen LogP contribution is -2.29. The number of hydrogen-bond donors (Lipinski definition) is 1. The fraction of sp³-hybridized carbons (Fsp3) is 0.417. The van der Waals surface area contributed by atoms with Gasteiger partial charge in [-0.15, -0.1) is 0 Å². The summed E-state index contributed by atoms with van der Waals surface area (Å²) in [5.74, 6) is -5.33. The molecule has 0 aliphatic rings. The van der Waals surface area contributed by atoms with E-state index in [1.807, 2.05) is 0 Å². The standard InChI is InChI=1S/C12H15F2NO4S/c1-8(11(16)17)7-15(2)9-5-3-4-6-10(9)20(18,19)12(13)14/h3-6,8,12H,7H2,1-2H3,(H,16,17). The minimum atomic E-state index is -4.73. The summed E-state index contributed by atoms with van der Waals surface area (Å²) in [6.07, 6.45) is 0. The van der Waals surface area contributed by atoms with Gasteiger partial charge in [0.2, 0.25) is 9.84 Å². The highest BCUT2D eigenvalue weighted by Crippen LogP contribution is 2.28. The van der Waals surface area contributed by atoms with E-state index in [9.17, 15) is 22.0 Å². The Morgan fingerprint density at radius 3 is 2.40 bits per heavy atom. The van der Waals surface area contributed by atoms with Crippen LogP contribution in [0.15, 0.2) is 29.2 Å². The Bertz CT molecular complexity index is 589. The van der Waals surface area contributed by atoms with E-state index < -0.39 is 32.4 Å². The molecule has 0 radical (unpaired) electrons. The number of aliphatic carboxylic acids is 1. The van der Waals surface area contributed by atoms with Gasteiger partial charge in [-0.2, -0.15) is 8.78 Å². The molecule has 0 saturated carbocycles. The maximum atomic E-state index is 12.6. The fourth-order valence-electron chi connectivity index (χ4n) is 1.70. The second kappa shape index (κ2) is 6.17. The van der Waals surface area contributed by atoms with E-state index >= 15 is 0 Å². The van der Waals surface area contributed by atoms with Crippen molar-refractivity contribution in [1.29, 1.82) is 0 Å². The van der Waals surface area contributed by atoms with Crippen LogP contribution in [-0.2, 0) is 14.6 Å². The average molecular weight is 307 g/mol. The molecule has 0 saturated heterocycles. The number of para-hydroxylation sites is 1. The Labute approximate surface area is 115 Å². The third-order valence-electron chi connectivity index (χ3n) is 2.79. The number of alkyl halides is 2. The van der Waals surface area contributed by atoms with Gasteiger partial charge >= 0.3 is 11.7 Å². The van der Waals surface area contributed by atoms with Crippen LogP contribution in [0.5, 0.6) is 0 Å². The topological polar surface area (TPSA) is 74.7 Å². The molecule has 0 aliphatic carbocycles. The van der Waals surface area contributed by atoms with Crippen LogP contribution < -0.4 is 4.90 Å². The van der Waals surface area contributed by atoms with Gasteiger partial charge in [0.05, 0.1) is 16.5 Å². The minimum absolute atomic E-state index is 0.00506. The second-order valence-corrected chi connectivity index (χ2v) is 6.28. The number of anilines is 1. The van der Waals surface area contributed by atoms with Crippen LogP contribution in [0.3, 0.4) is 0 Å². The molecule has 1 rings (SSSR count). The number of halogens is 2. The maximum absolute atomic E-state index is 12.6. The number of hydrogen-bond acceptors (Lipinski definition) is 4. The van der Waals surface area contributed by atoms with Crippen molar-refractivity contribution in [3.05, 3.63) is 24.3 Å². The van der Waals surface area contributed by atoms with Gasteiger partial charge in [-0.25, -0.2) is 8.42 Å². The fourth-order valence-corrected chi connectivity index (χ4v) is 2.67. The van der Waals surface area contributed by atoms with Crippen LogP contribution in [0, 0.1) is 5.92 Å². The predicted octanol–water partition coefficient (Wildman–Crippen LogP) is 1.84. The van der Waals surface area contributed by atoms with Gasteiger partial charge in [0.1, 0.15) is 0 Å². The van der Waals surface area contributed by atoms with Gasteiger partial charge in [0, 0.05) is 13.6 Å². The first-order valence-corrected chi connectivity index (χ1v) is 7.27. The van der Waals surface area contributed by atoms with Gasteiger partial charge in [0.15, 0.2) is 0 Å². The van der Waals surface area contributed by atoms with Crippen LogP contribution in [0.1, 0.15) is 6.92 Å². The molecule has 0 spiro atoms. The molecule has 1 atom stereocenters. The molecule has 0 fully saturated rings. The molecule has 0 heterocycles. The average Bonchev–Trinajstić information content (AvgIpc) is 2.38. The first-order chi connectivity index (χ1) is 9.17. The first-order valence-electron chi connectivity index (χ1n) is 5.73. The Hall–Kier alpha value is -1.70. The molecule has 1 aromatic carbocycles. The predicted molar refractivity (Wildman–Crippen MR) is 69.7 cm³/mol. The van der Waals surface area contributed by atoms with E-state index in [1.54, 1.807) is 0 Å². The van der Waals surface area contributed by atoms with Gasteiger partial charge in [0.25, 0.3) is 0 Å². The zero-order chi connectivity index (χ0) is 15.5. The van der Waals surface area contributed by atoms with E-state index in [1.165, 1.54) is 37.1 Å². The number of sulfone groups is 1. The van der Waals surface area contributed by atoms with Gasteiger partial charge in [-0.1, -0.05) is 19.1 Å². The van der Waals surface area contributed by atoms with Crippen LogP contribution in [-0.4, -0.2) is 38.8 Å². The zero-order valence-corrected chi connectivity index (χ0v) is 11.8. The number of carboxylic acids is 1. The molecule has 0 amide bonds. The molecule has 112 valence electrons. The Balaban J connectivity index is 3.17. The lowest BCUT2D eigenvalue weighted by molar-refractivity contribution is -0.140. The highest BCUT2D eigenvalue weighted by atomic mass is 32.2. The van der Waals surface area contributed by atoms with Crippen molar-refractivity contribution in [2.75, 3.05) is 18.5 Å². The molecule has 20 heavy (non-hydrogen) atoms. The lowest BCUT2D eigenvalue weighted by atomic mass is 10.1. The lowest BCUT2D eigenvalue weighted by Gasteiger charge is -2.23. The highest BCUT2D eigenvalue weighted by molar-refractivity contribution is 7.91. The van der Waals surface area contributed by atoms with Crippen molar-refractivity contribution in [2.45, 2.75) is 17.6 Å². The van der Waals surface area contributed by atoms with Crippen molar-refractivity contribution in [2.24, 2.45) is 5.92 Å². The summed E-state index contributed by atoms with van der Waals surface area (Å²) >= 11 is 0. The summed E-state index contributed by atoms with van der Waals surface area (Å²) < 4.78 is 48.4. The SMILES string of the molecule is CC(CN(C)c1ccccc1S(=O)(=O)C(F)F)C(=O)O. The number of benzene rings is 1. The van der Waals surface area contributed by atoms with Crippen LogP contribution in [0.4, 0.5) is 14.5 Å². The minimum Gasteiger partial charge on any atom is -0.481 e. The quantitative estimate of drug-likeness (QED) is 0.868. The third-order valence-corrected chi connectivity index (χ3v) is 4.21. The third kappa shape index (κ3) is 3.44. The molecule has 0 aromatic heterocycles. The summed E-state index contributed by atoms with van der Waals surface area (Å²) in [4.78, 5) is 11.6. The second-order valence-electron chi connectivity index (χ2n) is 4.39. The number of carbonyl (C=O) groups is 1. The molecule has 0 bridgehead atoms. The van der Waals surface area contributed by atoms with Gasteiger partial charge in [-0.05, 0) is 12.1 Å². The van der Waals surface area contributed by atoms with Crippen molar-refractivity contribution in [3.63, 3.8) is 0 Å². The molecular formula is C12H15F2NO4S. The molecule has 1 N–H and O–H groups in total. The van der Waals surface area contributed by atoms with E-state index in [2.05, 4.69) is 0 Å². The van der Waals surface area contributed by atoms with Crippen LogP contribution in [0.25, 0.3) is 0 Å². The molecular weight excluding hydrogens is 292 g/mol. The number of rotatable bonds is 6. The molecule has 0 aliphatic heterocycles. The largest absolute Gasteiger partial charge is 0.481 e. The van der Waals surface area contributed by atoms with Gasteiger partial charge in [-0.3, -0.25) is 4.79 Å². The van der Waals surface area contributed by atoms with E-state index in [0.717, 1.165) is 6.07 Å². The number of nitrogens with zero attached hydrogens (tertiary/aromatic N) is 1. The number of carboxylic acid groups (broad SMARTS) is 1. The van der Waals surface area contributed by atoms with Crippen molar-refractivity contribution in [1.82, 2.24) is 0 Å². The summed E-state index contributed by atoms with van der Waals surface area (Å²) in [6.45, 7) is 1.45. The van der Waals surface area contributed by atoms with Crippen molar-refractivity contribution < 1.29 is 27.1 Å². The highest BCUT2D eigenvalue weighted by Gasteiger charge is 2.30. The first kappa shape index (κ1) is 16.4. The summed E-state index contributed by atoms with van der Waals surface area (Å²) in [7, 11) is -3.27. The van der Waals surface area contributed by atoms with E-state index in [4.69, 9.17) is 5.11 Å². The summed E-state index contributed by atoms with van der Waals surface area (Å²) in [5, 5.41) is 8.83. The maximum Gasteiger partial charge on any atom is 0.341 e. The monoisotopic (exact) mass is 307 g/mol. The molecule has 1 aromatic rings. The Kier molecular flexibility index (Phi) is 5.04. The van der Waals surface area contributed by atoms with E-state index in [-0.39, 0.29) is 12.2 Å². The Morgan fingerprint density at radius 2 is 1.90 bits per heavy atom.